The number of carbonyl (C=O) groups is 2. The van der Waals surface area contributed by atoms with E-state index in [4.69, 9.17) is 11.6 Å². The molecule has 1 aliphatic rings. The molecule has 1 aliphatic heterocycles. The van der Waals surface area contributed by atoms with E-state index in [0.29, 0.717) is 11.6 Å². The van der Waals surface area contributed by atoms with E-state index in [2.05, 4.69) is 10.3 Å². The highest BCUT2D eigenvalue weighted by Crippen LogP contribution is 2.19. The van der Waals surface area contributed by atoms with Crippen molar-refractivity contribution in [1.29, 1.82) is 0 Å². The van der Waals surface area contributed by atoms with Gasteiger partial charge in [0.15, 0.2) is 0 Å². The molecule has 1 aromatic heterocycles. The summed E-state index contributed by atoms with van der Waals surface area (Å²) in [5.41, 5.74) is 0.910. The first-order valence-electron chi connectivity index (χ1n) is 7.98. The van der Waals surface area contributed by atoms with Crippen molar-refractivity contribution in [2.75, 3.05) is 6.54 Å². The summed E-state index contributed by atoms with van der Waals surface area (Å²) in [5, 5.41) is 13.4. The number of nitrogens with one attached hydrogen (secondary N) is 1. The summed E-state index contributed by atoms with van der Waals surface area (Å²) in [4.78, 5) is 30.3. The Labute approximate surface area is 150 Å². The van der Waals surface area contributed by atoms with Gasteiger partial charge in [-0.05, 0) is 17.7 Å². The standard InChI is InChI=1S/C17H19ClN4O3/c18-13-3-1-12(2-4-13)8-20-17(25)15-7-14(23)9-22(15)16(24)10-21-6-5-19-11-21/h1-6,11,14-15,23H,7-10H2,(H,20,25)/t14-,15+/m1/s1. The molecular formula is C17H19ClN4O3. The van der Waals surface area contributed by atoms with Gasteiger partial charge in [0.25, 0.3) is 0 Å². The third-order valence-corrected chi connectivity index (χ3v) is 4.41. The Balaban J connectivity index is 1.61. The Morgan fingerprint density at radius 1 is 1.32 bits per heavy atom. The summed E-state index contributed by atoms with van der Waals surface area (Å²) in [7, 11) is 0. The average Bonchev–Trinajstić information content (AvgIpc) is 3.23. The molecule has 1 saturated heterocycles. The molecule has 2 atom stereocenters. The Bertz CT molecular complexity index is 733. The molecule has 0 radical (unpaired) electrons. The second-order valence-corrected chi connectivity index (χ2v) is 6.47. The van der Waals surface area contributed by atoms with E-state index < -0.39 is 12.1 Å². The number of nitrogens with zero attached hydrogens (tertiary/aromatic N) is 3. The quantitative estimate of drug-likeness (QED) is 0.824. The van der Waals surface area contributed by atoms with Crippen molar-refractivity contribution >= 4 is 23.4 Å². The molecule has 1 fully saturated rings. The van der Waals surface area contributed by atoms with Crippen LogP contribution >= 0.6 is 11.6 Å². The maximum Gasteiger partial charge on any atom is 0.243 e. The van der Waals surface area contributed by atoms with E-state index in [0.717, 1.165) is 5.56 Å². The highest BCUT2D eigenvalue weighted by molar-refractivity contribution is 6.30. The van der Waals surface area contributed by atoms with Crippen molar-refractivity contribution in [3.63, 3.8) is 0 Å². The minimum Gasteiger partial charge on any atom is -0.391 e. The van der Waals surface area contributed by atoms with Gasteiger partial charge in [-0.25, -0.2) is 4.98 Å². The van der Waals surface area contributed by atoms with Crippen molar-refractivity contribution < 1.29 is 14.7 Å². The van der Waals surface area contributed by atoms with Gasteiger partial charge in [0.1, 0.15) is 12.6 Å². The SMILES string of the molecule is O=C(NCc1ccc(Cl)cc1)[C@@H]1C[C@@H](O)CN1C(=O)Cn1ccnc1. The first-order valence-corrected chi connectivity index (χ1v) is 8.36. The van der Waals surface area contributed by atoms with E-state index >= 15 is 0 Å². The summed E-state index contributed by atoms with van der Waals surface area (Å²) in [5.74, 6) is -0.494. The molecule has 3 rings (SSSR count). The highest BCUT2D eigenvalue weighted by atomic mass is 35.5. The number of hydrogen-bond donors (Lipinski definition) is 2. The predicted octanol–water partition coefficient (Wildman–Crippen LogP) is 0.815. The molecule has 0 bridgehead atoms. The number of carbonyl (C=O) groups excluding carboxylic acids is 2. The molecular weight excluding hydrogens is 344 g/mol. The van der Waals surface area contributed by atoms with Crippen LogP contribution in [0.5, 0.6) is 0 Å². The molecule has 0 unspecified atom stereocenters. The lowest BCUT2D eigenvalue weighted by molar-refractivity contribution is -0.139. The van der Waals surface area contributed by atoms with Gasteiger partial charge in [0.05, 0.1) is 12.4 Å². The molecule has 0 spiro atoms. The fourth-order valence-electron chi connectivity index (χ4n) is 2.87. The number of aromatic nitrogens is 2. The van der Waals surface area contributed by atoms with E-state index in [1.54, 1.807) is 35.4 Å². The smallest absolute Gasteiger partial charge is 0.243 e. The number of amides is 2. The second-order valence-electron chi connectivity index (χ2n) is 6.03. The zero-order chi connectivity index (χ0) is 17.8. The minimum absolute atomic E-state index is 0.0910. The van der Waals surface area contributed by atoms with Crippen LogP contribution in [0, 0.1) is 0 Å². The van der Waals surface area contributed by atoms with Crippen molar-refractivity contribution in [1.82, 2.24) is 19.8 Å². The van der Waals surface area contributed by atoms with Crippen molar-refractivity contribution in [3.05, 3.63) is 53.6 Å². The van der Waals surface area contributed by atoms with Gasteiger partial charge in [0.2, 0.25) is 11.8 Å². The molecule has 0 saturated carbocycles. The number of β-amino-alcohol motifs (C(OH)–C–C–N with tert-alkyl or cyclic N) is 1. The Morgan fingerprint density at radius 3 is 2.76 bits per heavy atom. The number of likely N-dealkylation sites (tertiary alicyclic amines) is 1. The monoisotopic (exact) mass is 362 g/mol. The molecule has 2 amide bonds. The number of aliphatic hydroxyl groups is 1. The molecule has 2 heterocycles. The van der Waals surface area contributed by atoms with Crippen LogP contribution in [0.1, 0.15) is 12.0 Å². The van der Waals surface area contributed by atoms with Gasteiger partial charge < -0.3 is 19.9 Å². The summed E-state index contributed by atoms with van der Waals surface area (Å²) in [6.45, 7) is 0.590. The highest BCUT2D eigenvalue weighted by Gasteiger charge is 2.38. The van der Waals surface area contributed by atoms with Gasteiger partial charge in [-0.1, -0.05) is 23.7 Å². The summed E-state index contributed by atoms with van der Waals surface area (Å²) in [6.07, 6.45) is 4.35. The van der Waals surface area contributed by atoms with E-state index in [-0.39, 0.29) is 31.3 Å². The first-order chi connectivity index (χ1) is 12.0. The first kappa shape index (κ1) is 17.4. The van der Waals surface area contributed by atoms with Gasteiger partial charge in [0, 0.05) is 36.9 Å². The van der Waals surface area contributed by atoms with Crippen molar-refractivity contribution in [2.24, 2.45) is 0 Å². The predicted molar refractivity (Wildman–Crippen MR) is 91.7 cm³/mol. The van der Waals surface area contributed by atoms with Crippen LogP contribution in [0.3, 0.4) is 0 Å². The maximum absolute atomic E-state index is 12.5. The number of benzene rings is 1. The van der Waals surface area contributed by atoms with E-state index in [1.165, 1.54) is 4.90 Å². The zero-order valence-corrected chi connectivity index (χ0v) is 14.3. The molecule has 7 nitrogen and oxygen atoms in total. The van der Waals surface area contributed by atoms with Crippen LogP contribution in [-0.2, 0) is 22.7 Å². The molecule has 0 aliphatic carbocycles. The lowest BCUT2D eigenvalue weighted by atomic mass is 10.1. The minimum atomic E-state index is -0.696. The number of hydrogen-bond acceptors (Lipinski definition) is 4. The Morgan fingerprint density at radius 2 is 2.08 bits per heavy atom. The lowest BCUT2D eigenvalue weighted by Gasteiger charge is -2.23. The number of imidazole rings is 1. The second kappa shape index (κ2) is 7.67. The third-order valence-electron chi connectivity index (χ3n) is 4.16. The van der Waals surface area contributed by atoms with Crippen LogP contribution in [0.2, 0.25) is 5.02 Å². The van der Waals surface area contributed by atoms with Crippen LogP contribution in [0.4, 0.5) is 0 Å². The van der Waals surface area contributed by atoms with E-state index in [9.17, 15) is 14.7 Å². The largest absolute Gasteiger partial charge is 0.391 e. The van der Waals surface area contributed by atoms with Gasteiger partial charge in [-0.3, -0.25) is 9.59 Å². The van der Waals surface area contributed by atoms with Crippen LogP contribution < -0.4 is 5.32 Å². The van der Waals surface area contributed by atoms with Crippen molar-refractivity contribution in [3.8, 4) is 0 Å². The molecule has 2 aromatic rings. The summed E-state index contributed by atoms with van der Waals surface area (Å²) >= 11 is 5.84. The normalized spacial score (nSPS) is 19.8. The molecule has 8 heteroatoms. The van der Waals surface area contributed by atoms with Gasteiger partial charge in [-0.2, -0.15) is 0 Å². The lowest BCUT2D eigenvalue weighted by Crippen LogP contribution is -2.46. The number of rotatable bonds is 5. The molecule has 1 aromatic carbocycles. The number of aliphatic hydroxyl groups excluding tert-OH is 1. The third kappa shape index (κ3) is 4.37. The fourth-order valence-corrected chi connectivity index (χ4v) is 3.00. The molecule has 132 valence electrons. The van der Waals surface area contributed by atoms with E-state index in [1.807, 2.05) is 12.1 Å². The van der Waals surface area contributed by atoms with Gasteiger partial charge in [-0.15, -0.1) is 0 Å². The van der Waals surface area contributed by atoms with Crippen LogP contribution in [0.25, 0.3) is 0 Å². The zero-order valence-electron chi connectivity index (χ0n) is 13.5. The fraction of sp³-hybridized carbons (Fsp3) is 0.353. The topological polar surface area (TPSA) is 87.5 Å². The van der Waals surface area contributed by atoms with Gasteiger partial charge >= 0.3 is 0 Å². The summed E-state index contributed by atoms with van der Waals surface area (Å²) < 4.78 is 1.63. The average molecular weight is 363 g/mol. The van der Waals surface area contributed by atoms with Crippen molar-refractivity contribution in [2.45, 2.75) is 31.7 Å². The Kier molecular flexibility index (Phi) is 5.35. The summed E-state index contributed by atoms with van der Waals surface area (Å²) in [6, 6.07) is 6.49. The number of halogens is 1. The molecule has 25 heavy (non-hydrogen) atoms. The van der Waals surface area contributed by atoms with Crippen LogP contribution in [-0.4, -0.2) is 50.1 Å². The molecule has 2 N–H and O–H groups in total. The Hall–Kier alpha value is -2.38. The maximum atomic E-state index is 12.5. The van der Waals surface area contributed by atoms with Crippen LogP contribution in [0.15, 0.2) is 43.0 Å².